The summed E-state index contributed by atoms with van der Waals surface area (Å²) in [5.41, 5.74) is 0.103. The van der Waals surface area contributed by atoms with Crippen molar-refractivity contribution in [2.24, 2.45) is 22.7 Å². The summed E-state index contributed by atoms with van der Waals surface area (Å²) >= 11 is 0. The van der Waals surface area contributed by atoms with Gasteiger partial charge in [0.1, 0.15) is 5.60 Å². The standard InChI is InChI=1S/C20H32O2/c1-7-14(2)9-10-15-19(5)12-8-11-18(3,4)16(19)13-17(21)20(15,6)22/h7,9,15-16,22H,1,8,10-13H2,2-6H3/b14-9-/t15-,16+,19-,20+/m1/s1. The summed E-state index contributed by atoms with van der Waals surface area (Å²) in [5.74, 6) is 0.379. The number of carbonyl (C=O) groups excluding carboxylic acids is 1. The molecule has 2 saturated carbocycles. The molecule has 2 aliphatic carbocycles. The van der Waals surface area contributed by atoms with Gasteiger partial charge in [0, 0.05) is 12.3 Å². The molecule has 4 atom stereocenters. The van der Waals surface area contributed by atoms with Crippen LogP contribution in [0.1, 0.15) is 66.7 Å². The molecule has 0 heterocycles. The van der Waals surface area contributed by atoms with Crippen molar-refractivity contribution in [3.8, 4) is 0 Å². The maximum Gasteiger partial charge on any atom is 0.164 e. The van der Waals surface area contributed by atoms with E-state index in [4.69, 9.17) is 0 Å². The SMILES string of the molecule is C=C/C(C)=C\C[C@@H]1[C@@]2(C)CCCC(C)(C)[C@@H]2CC(=O)[C@@]1(C)O. The van der Waals surface area contributed by atoms with Gasteiger partial charge in [0.05, 0.1) is 0 Å². The maximum absolute atomic E-state index is 12.6. The Morgan fingerprint density at radius 2 is 1.95 bits per heavy atom. The minimum Gasteiger partial charge on any atom is -0.382 e. The Balaban J connectivity index is 2.44. The fraction of sp³-hybridized carbons (Fsp3) is 0.750. The van der Waals surface area contributed by atoms with Crippen LogP contribution in [0.5, 0.6) is 0 Å². The van der Waals surface area contributed by atoms with Gasteiger partial charge >= 0.3 is 0 Å². The van der Waals surface area contributed by atoms with Gasteiger partial charge in [-0.25, -0.2) is 0 Å². The molecule has 0 aromatic heterocycles. The first-order chi connectivity index (χ1) is 10.1. The van der Waals surface area contributed by atoms with Crippen molar-refractivity contribution >= 4 is 5.78 Å². The van der Waals surface area contributed by atoms with Gasteiger partial charge in [-0.05, 0) is 49.9 Å². The molecular formula is C20H32O2. The van der Waals surface area contributed by atoms with Crippen LogP contribution in [-0.2, 0) is 4.79 Å². The highest BCUT2D eigenvalue weighted by atomic mass is 16.3. The zero-order chi connectivity index (χ0) is 16.8. The number of hydrogen-bond donors (Lipinski definition) is 1. The lowest BCUT2D eigenvalue weighted by atomic mass is 9.45. The van der Waals surface area contributed by atoms with Crippen LogP contribution < -0.4 is 0 Å². The van der Waals surface area contributed by atoms with Crippen molar-refractivity contribution in [1.29, 1.82) is 0 Å². The second-order valence-electron chi connectivity index (χ2n) is 8.62. The van der Waals surface area contributed by atoms with Gasteiger partial charge in [-0.2, -0.15) is 0 Å². The zero-order valence-electron chi connectivity index (χ0n) is 14.9. The third-order valence-corrected chi connectivity index (χ3v) is 6.70. The number of allylic oxidation sites excluding steroid dienone is 3. The van der Waals surface area contributed by atoms with Gasteiger partial charge < -0.3 is 5.11 Å². The Bertz CT molecular complexity index is 498. The summed E-state index contributed by atoms with van der Waals surface area (Å²) in [6.45, 7) is 14.5. The number of rotatable bonds is 3. The van der Waals surface area contributed by atoms with E-state index >= 15 is 0 Å². The van der Waals surface area contributed by atoms with E-state index in [0.717, 1.165) is 18.4 Å². The Kier molecular flexibility index (Phi) is 4.47. The molecule has 124 valence electrons. The van der Waals surface area contributed by atoms with Gasteiger partial charge in [0.15, 0.2) is 5.78 Å². The molecule has 0 amide bonds. The van der Waals surface area contributed by atoms with E-state index in [0.29, 0.717) is 12.3 Å². The van der Waals surface area contributed by atoms with Crippen molar-refractivity contribution in [3.05, 3.63) is 24.3 Å². The van der Waals surface area contributed by atoms with Crippen LogP contribution in [0.15, 0.2) is 24.3 Å². The van der Waals surface area contributed by atoms with Crippen molar-refractivity contribution in [3.63, 3.8) is 0 Å². The van der Waals surface area contributed by atoms with Gasteiger partial charge in [-0.1, -0.05) is 51.5 Å². The van der Waals surface area contributed by atoms with E-state index in [1.54, 1.807) is 6.92 Å². The van der Waals surface area contributed by atoms with Crippen LogP contribution >= 0.6 is 0 Å². The van der Waals surface area contributed by atoms with E-state index in [-0.39, 0.29) is 22.5 Å². The normalized spacial score (nSPS) is 41.9. The largest absolute Gasteiger partial charge is 0.382 e. The lowest BCUT2D eigenvalue weighted by Crippen LogP contribution is -2.61. The van der Waals surface area contributed by atoms with Crippen LogP contribution in [0.4, 0.5) is 0 Å². The second-order valence-corrected chi connectivity index (χ2v) is 8.62. The predicted molar refractivity (Wildman–Crippen MR) is 91.5 cm³/mol. The number of fused-ring (bicyclic) bond motifs is 1. The van der Waals surface area contributed by atoms with Crippen LogP contribution in [-0.4, -0.2) is 16.5 Å². The molecule has 2 fully saturated rings. The molecule has 22 heavy (non-hydrogen) atoms. The monoisotopic (exact) mass is 304 g/mol. The molecule has 0 saturated heterocycles. The second kappa shape index (κ2) is 5.63. The fourth-order valence-electron chi connectivity index (χ4n) is 5.21. The first-order valence-corrected chi connectivity index (χ1v) is 8.60. The summed E-state index contributed by atoms with van der Waals surface area (Å²) in [6, 6.07) is 0. The number of aliphatic hydroxyl groups is 1. The minimum atomic E-state index is -1.21. The molecular weight excluding hydrogens is 272 g/mol. The van der Waals surface area contributed by atoms with E-state index < -0.39 is 5.60 Å². The number of Topliss-reactive ketones (excluding diaryl/α,β-unsaturated/α-hetero) is 1. The smallest absolute Gasteiger partial charge is 0.164 e. The molecule has 2 nitrogen and oxygen atoms in total. The third-order valence-electron chi connectivity index (χ3n) is 6.70. The van der Waals surface area contributed by atoms with E-state index in [1.807, 2.05) is 13.0 Å². The number of ketones is 1. The molecule has 2 heteroatoms. The molecule has 0 unspecified atom stereocenters. The minimum absolute atomic E-state index is 0.0132. The number of hydrogen-bond acceptors (Lipinski definition) is 2. The Morgan fingerprint density at radius 3 is 2.55 bits per heavy atom. The molecule has 2 aliphatic rings. The average molecular weight is 304 g/mol. The van der Waals surface area contributed by atoms with E-state index in [1.165, 1.54) is 12.8 Å². The van der Waals surface area contributed by atoms with Gasteiger partial charge in [-0.3, -0.25) is 4.79 Å². The predicted octanol–water partition coefficient (Wildman–Crippen LogP) is 4.68. The number of carbonyl (C=O) groups is 1. The molecule has 0 aromatic carbocycles. The van der Waals surface area contributed by atoms with Gasteiger partial charge in [-0.15, -0.1) is 0 Å². The van der Waals surface area contributed by atoms with E-state index in [9.17, 15) is 9.90 Å². The maximum atomic E-state index is 12.6. The lowest BCUT2D eigenvalue weighted by Gasteiger charge is -2.60. The summed E-state index contributed by atoms with van der Waals surface area (Å²) < 4.78 is 0. The van der Waals surface area contributed by atoms with Crippen molar-refractivity contribution in [2.75, 3.05) is 0 Å². The van der Waals surface area contributed by atoms with Crippen molar-refractivity contribution < 1.29 is 9.90 Å². The molecule has 1 N–H and O–H groups in total. The average Bonchev–Trinajstić information content (AvgIpc) is 2.40. The fourth-order valence-corrected chi connectivity index (χ4v) is 5.21. The van der Waals surface area contributed by atoms with Gasteiger partial charge in [0.25, 0.3) is 0 Å². The summed E-state index contributed by atoms with van der Waals surface area (Å²) in [6.07, 6.45) is 8.72. The molecule has 0 radical (unpaired) electrons. The quantitative estimate of drug-likeness (QED) is 0.769. The van der Waals surface area contributed by atoms with Crippen LogP contribution in [0.25, 0.3) is 0 Å². The highest BCUT2D eigenvalue weighted by molar-refractivity contribution is 5.88. The summed E-state index contributed by atoms with van der Waals surface area (Å²) in [5, 5.41) is 11.0. The highest BCUT2D eigenvalue weighted by Gasteiger charge is 2.60. The van der Waals surface area contributed by atoms with Crippen molar-refractivity contribution in [2.45, 2.75) is 72.3 Å². The Morgan fingerprint density at radius 1 is 1.32 bits per heavy atom. The van der Waals surface area contributed by atoms with Crippen LogP contribution in [0.2, 0.25) is 0 Å². The molecule has 2 rings (SSSR count). The van der Waals surface area contributed by atoms with Gasteiger partial charge in [0.2, 0.25) is 0 Å². The zero-order valence-corrected chi connectivity index (χ0v) is 14.9. The first-order valence-electron chi connectivity index (χ1n) is 8.60. The summed E-state index contributed by atoms with van der Waals surface area (Å²) in [7, 11) is 0. The van der Waals surface area contributed by atoms with E-state index in [2.05, 4.69) is 33.4 Å². The molecule has 0 aromatic rings. The molecule has 0 spiro atoms. The van der Waals surface area contributed by atoms with Crippen LogP contribution in [0.3, 0.4) is 0 Å². The summed E-state index contributed by atoms with van der Waals surface area (Å²) in [4.78, 5) is 12.6. The molecule has 0 bridgehead atoms. The first kappa shape index (κ1) is 17.5. The Labute approximate surface area is 135 Å². The van der Waals surface area contributed by atoms with Crippen molar-refractivity contribution in [1.82, 2.24) is 0 Å². The third kappa shape index (κ3) is 2.71. The topological polar surface area (TPSA) is 37.3 Å². The lowest BCUT2D eigenvalue weighted by molar-refractivity contribution is -0.180. The van der Waals surface area contributed by atoms with Crippen LogP contribution in [0, 0.1) is 22.7 Å². The molecule has 0 aliphatic heterocycles. The Hall–Kier alpha value is -0.890. The highest BCUT2D eigenvalue weighted by Crippen LogP contribution is 2.61.